The number of benzene rings is 2. The van der Waals surface area contributed by atoms with Crippen LogP contribution in [0, 0.1) is 11.8 Å². The lowest BCUT2D eigenvalue weighted by Crippen LogP contribution is -2.52. The zero-order valence-electron chi connectivity index (χ0n) is 27.9. The van der Waals surface area contributed by atoms with E-state index in [1.54, 1.807) is 29.2 Å². The fraction of sp³-hybridized carbons (Fsp3) is 0.500. The number of fused-ring (bicyclic) bond motifs is 1. The summed E-state index contributed by atoms with van der Waals surface area (Å²) in [6.45, 7) is 6.14. The summed E-state index contributed by atoms with van der Waals surface area (Å²) in [7, 11) is 3.61. The minimum atomic E-state index is -0.632. The van der Waals surface area contributed by atoms with Crippen LogP contribution in [0.5, 0.6) is 5.75 Å². The number of nitrogen functional groups attached to an aromatic ring is 1. The third-order valence-electron chi connectivity index (χ3n) is 9.22. The lowest BCUT2D eigenvalue weighted by molar-refractivity contribution is -0.136. The number of anilines is 1. The van der Waals surface area contributed by atoms with E-state index in [-0.39, 0.29) is 30.2 Å². The molecule has 0 bridgehead atoms. The van der Waals surface area contributed by atoms with Gasteiger partial charge in [-0.15, -0.1) is 0 Å². The number of carbonyl (C=O) groups excluding carboxylic acids is 4. The normalized spacial score (nSPS) is 18.4. The SMILES string of the molecule is COc1cc(C(=O)NC2CCN(CCOCCCN(C)CCC#Cc3cccc4c3CN(C3CCC(=O)NC3=O)C4=O)CC2)ccc1N. The van der Waals surface area contributed by atoms with Crippen LogP contribution in [0.1, 0.15) is 70.4 Å². The highest BCUT2D eigenvalue weighted by atomic mass is 16.5. The first-order valence-corrected chi connectivity index (χ1v) is 16.7. The van der Waals surface area contributed by atoms with E-state index >= 15 is 0 Å². The summed E-state index contributed by atoms with van der Waals surface area (Å²) in [5.41, 5.74) is 9.14. The second kappa shape index (κ2) is 16.6. The predicted molar refractivity (Wildman–Crippen MR) is 181 cm³/mol. The quantitative estimate of drug-likeness (QED) is 0.127. The molecule has 3 aliphatic heterocycles. The molecule has 5 rings (SSSR count). The van der Waals surface area contributed by atoms with Crippen molar-refractivity contribution in [1.29, 1.82) is 0 Å². The van der Waals surface area contributed by atoms with Gasteiger partial charge < -0.3 is 35.2 Å². The first kappa shape index (κ1) is 34.9. The highest BCUT2D eigenvalue weighted by Crippen LogP contribution is 2.29. The van der Waals surface area contributed by atoms with Gasteiger partial charge in [-0.2, -0.15) is 0 Å². The van der Waals surface area contributed by atoms with Crippen molar-refractivity contribution in [2.45, 2.75) is 57.2 Å². The average molecular weight is 659 g/mol. The molecule has 0 aliphatic carbocycles. The lowest BCUT2D eigenvalue weighted by atomic mass is 10.0. The molecule has 256 valence electrons. The number of hydrogen-bond acceptors (Lipinski definition) is 9. The van der Waals surface area contributed by atoms with E-state index in [0.717, 1.165) is 63.1 Å². The Hall–Kier alpha value is -4.44. The zero-order chi connectivity index (χ0) is 34.0. The van der Waals surface area contributed by atoms with Crippen LogP contribution >= 0.6 is 0 Å². The summed E-state index contributed by atoms with van der Waals surface area (Å²) in [4.78, 5) is 55.7. The van der Waals surface area contributed by atoms with Crippen LogP contribution < -0.4 is 21.1 Å². The summed E-state index contributed by atoms with van der Waals surface area (Å²) >= 11 is 0. The Morgan fingerprint density at radius 1 is 1.10 bits per heavy atom. The smallest absolute Gasteiger partial charge is 0.255 e. The van der Waals surface area contributed by atoms with Gasteiger partial charge in [0.05, 0.1) is 19.4 Å². The molecule has 1 atom stereocenters. The number of hydrogen-bond donors (Lipinski definition) is 3. The molecule has 0 spiro atoms. The summed E-state index contributed by atoms with van der Waals surface area (Å²) in [5.74, 6) is 5.98. The van der Waals surface area contributed by atoms with E-state index in [0.29, 0.717) is 55.2 Å². The number of ether oxygens (including phenoxy) is 2. The van der Waals surface area contributed by atoms with Gasteiger partial charge in [0.25, 0.3) is 11.8 Å². The van der Waals surface area contributed by atoms with Crippen molar-refractivity contribution >= 4 is 29.3 Å². The number of carbonyl (C=O) groups is 4. The molecule has 2 fully saturated rings. The van der Waals surface area contributed by atoms with Gasteiger partial charge in [0.1, 0.15) is 11.8 Å². The van der Waals surface area contributed by atoms with Crippen molar-refractivity contribution in [1.82, 2.24) is 25.3 Å². The maximum Gasteiger partial charge on any atom is 0.255 e. The molecular formula is C36H46N6O6. The van der Waals surface area contributed by atoms with Gasteiger partial charge in [-0.25, -0.2) is 0 Å². The molecular weight excluding hydrogens is 612 g/mol. The summed E-state index contributed by atoms with van der Waals surface area (Å²) in [6, 6.07) is 10.1. The number of nitrogens with two attached hydrogens (primary N) is 1. The molecule has 0 saturated carbocycles. The van der Waals surface area contributed by atoms with Crippen molar-refractivity contribution in [2.75, 3.05) is 65.8 Å². The highest BCUT2D eigenvalue weighted by molar-refractivity contribution is 6.05. The fourth-order valence-corrected chi connectivity index (χ4v) is 6.37. The average Bonchev–Trinajstić information content (AvgIpc) is 3.42. The highest BCUT2D eigenvalue weighted by Gasteiger charge is 2.39. The molecule has 1 unspecified atom stereocenters. The molecule has 2 saturated heterocycles. The molecule has 3 aliphatic rings. The Kier molecular flexibility index (Phi) is 12.1. The van der Waals surface area contributed by atoms with Gasteiger partial charge in [0, 0.05) is 81.4 Å². The zero-order valence-corrected chi connectivity index (χ0v) is 27.9. The van der Waals surface area contributed by atoms with Crippen LogP contribution in [-0.2, 0) is 20.9 Å². The predicted octanol–water partition coefficient (Wildman–Crippen LogP) is 2.01. The molecule has 48 heavy (non-hydrogen) atoms. The van der Waals surface area contributed by atoms with Crippen LogP contribution in [0.25, 0.3) is 0 Å². The second-order valence-corrected chi connectivity index (χ2v) is 12.6. The standard InChI is InChI=1S/C36H46N6O6/c1-40(16-4-3-7-25-8-5-9-28-29(25)24-42(36(28)46)31-12-13-33(43)39-35(31)45)17-6-21-48-22-20-41-18-14-27(15-19-41)38-34(44)26-10-11-30(37)32(23-26)47-2/h5,8-11,23,27,31H,4,6,12-22,24,37H2,1-2H3,(H,38,44)(H,39,43,45). The molecule has 3 heterocycles. The lowest BCUT2D eigenvalue weighted by Gasteiger charge is -2.32. The molecule has 12 heteroatoms. The van der Waals surface area contributed by atoms with Gasteiger partial charge in [0.15, 0.2) is 0 Å². The Labute approximate surface area is 282 Å². The molecule has 2 aromatic carbocycles. The third-order valence-corrected chi connectivity index (χ3v) is 9.22. The number of piperidine rings is 2. The van der Waals surface area contributed by atoms with Crippen molar-refractivity contribution in [3.8, 4) is 17.6 Å². The number of imide groups is 1. The van der Waals surface area contributed by atoms with Gasteiger partial charge in [-0.3, -0.25) is 24.5 Å². The van der Waals surface area contributed by atoms with Crippen molar-refractivity contribution in [3.63, 3.8) is 0 Å². The second-order valence-electron chi connectivity index (χ2n) is 12.6. The molecule has 4 amide bonds. The van der Waals surface area contributed by atoms with E-state index in [2.05, 4.69) is 39.3 Å². The summed E-state index contributed by atoms with van der Waals surface area (Å²) in [5, 5.41) is 5.48. The van der Waals surface area contributed by atoms with Crippen LogP contribution in [-0.4, -0.2) is 111 Å². The Bertz CT molecular complexity index is 1560. The number of nitrogens with zero attached hydrogens (tertiary/aromatic N) is 3. The van der Waals surface area contributed by atoms with Crippen molar-refractivity contribution < 1.29 is 28.7 Å². The monoisotopic (exact) mass is 658 g/mol. The molecule has 12 nitrogen and oxygen atoms in total. The largest absolute Gasteiger partial charge is 0.495 e. The van der Waals surface area contributed by atoms with Crippen LogP contribution in [0.4, 0.5) is 5.69 Å². The maximum absolute atomic E-state index is 13.0. The van der Waals surface area contributed by atoms with E-state index in [9.17, 15) is 19.2 Å². The van der Waals surface area contributed by atoms with Gasteiger partial charge in [-0.05, 0) is 68.6 Å². The fourth-order valence-electron chi connectivity index (χ4n) is 6.37. The Morgan fingerprint density at radius 2 is 1.92 bits per heavy atom. The van der Waals surface area contributed by atoms with E-state index < -0.39 is 11.9 Å². The molecule has 4 N–H and O–H groups in total. The minimum Gasteiger partial charge on any atom is -0.495 e. The number of methoxy groups -OCH3 is 1. The summed E-state index contributed by atoms with van der Waals surface area (Å²) < 4.78 is 11.1. The van der Waals surface area contributed by atoms with Crippen LogP contribution in [0.15, 0.2) is 36.4 Å². The molecule has 2 aromatic rings. The van der Waals surface area contributed by atoms with E-state index in [1.807, 2.05) is 12.1 Å². The van der Waals surface area contributed by atoms with Crippen molar-refractivity contribution in [3.05, 3.63) is 58.7 Å². The maximum atomic E-state index is 13.0. The minimum absolute atomic E-state index is 0.107. The number of rotatable bonds is 13. The Balaban J connectivity index is 0.934. The van der Waals surface area contributed by atoms with Gasteiger partial charge in [-0.1, -0.05) is 17.9 Å². The first-order chi connectivity index (χ1) is 23.2. The molecule has 0 radical (unpaired) electrons. The number of likely N-dealkylation sites (tertiary alicyclic amines) is 1. The molecule has 0 aromatic heterocycles. The van der Waals surface area contributed by atoms with Crippen LogP contribution in [0.3, 0.4) is 0 Å². The first-order valence-electron chi connectivity index (χ1n) is 16.7. The van der Waals surface area contributed by atoms with Crippen LogP contribution in [0.2, 0.25) is 0 Å². The van der Waals surface area contributed by atoms with Gasteiger partial charge in [0.2, 0.25) is 11.8 Å². The van der Waals surface area contributed by atoms with E-state index in [1.165, 1.54) is 7.11 Å². The van der Waals surface area contributed by atoms with Gasteiger partial charge >= 0.3 is 0 Å². The summed E-state index contributed by atoms with van der Waals surface area (Å²) in [6.07, 6.45) is 3.99. The number of nitrogens with one attached hydrogen (secondary N) is 2. The third kappa shape index (κ3) is 8.92. The topological polar surface area (TPSA) is 147 Å². The van der Waals surface area contributed by atoms with E-state index in [4.69, 9.17) is 15.2 Å². The number of amides is 4. The Morgan fingerprint density at radius 3 is 2.69 bits per heavy atom. The van der Waals surface area contributed by atoms with Crippen molar-refractivity contribution in [2.24, 2.45) is 0 Å².